The van der Waals surface area contributed by atoms with Gasteiger partial charge in [0.25, 0.3) is 0 Å². The Labute approximate surface area is 136 Å². The van der Waals surface area contributed by atoms with Gasteiger partial charge in [0.2, 0.25) is 5.91 Å². The largest absolute Gasteiger partial charge is 0.369 e. The second kappa shape index (κ2) is 7.79. The first-order chi connectivity index (χ1) is 10.2. The van der Waals surface area contributed by atoms with Gasteiger partial charge in [-0.2, -0.15) is 0 Å². The third-order valence-electron chi connectivity index (χ3n) is 4.32. The van der Waals surface area contributed by atoms with Crippen LogP contribution in [0.25, 0.3) is 0 Å². The molecule has 2 heterocycles. The molecule has 3 rings (SSSR count). The minimum Gasteiger partial charge on any atom is -0.369 e. The van der Waals surface area contributed by atoms with E-state index in [0.29, 0.717) is 0 Å². The molecule has 6 heteroatoms. The maximum Gasteiger partial charge on any atom is 0.237 e. The molecule has 2 aliphatic heterocycles. The number of halogens is 2. The molecule has 122 valence electrons. The van der Waals surface area contributed by atoms with Crippen molar-refractivity contribution in [3.63, 3.8) is 0 Å². The summed E-state index contributed by atoms with van der Waals surface area (Å²) < 4.78 is 13.3. The molecule has 2 saturated heterocycles. The summed E-state index contributed by atoms with van der Waals surface area (Å²) in [4.78, 5) is 14.3. The minimum atomic E-state index is -0.214. The van der Waals surface area contributed by atoms with Gasteiger partial charge >= 0.3 is 0 Å². The van der Waals surface area contributed by atoms with Gasteiger partial charge in [-0.1, -0.05) is 6.07 Å². The predicted octanol–water partition coefficient (Wildman–Crippen LogP) is 2.08. The maximum absolute atomic E-state index is 13.3. The highest BCUT2D eigenvalue weighted by Crippen LogP contribution is 2.21. The van der Waals surface area contributed by atoms with Crippen LogP contribution in [0.3, 0.4) is 0 Å². The van der Waals surface area contributed by atoms with E-state index in [1.165, 1.54) is 6.07 Å². The first kappa shape index (κ1) is 17.0. The van der Waals surface area contributed by atoms with Gasteiger partial charge in [-0.3, -0.25) is 4.79 Å². The Balaban J connectivity index is 0.00000176. The second-order valence-corrected chi connectivity index (χ2v) is 5.92. The predicted molar refractivity (Wildman–Crippen MR) is 88.1 cm³/mol. The monoisotopic (exact) mass is 327 g/mol. The molecule has 2 fully saturated rings. The standard InChI is InChI=1S/C16H22FN3O.ClH/c17-12-4-1-6-14(10-12)20-9-3-5-13(11-20)19-16(21)15-7-2-8-18-15;/h1,4,6,10,13,15,18H,2-3,5,7-9,11H2,(H,19,21);1H. The number of amides is 1. The van der Waals surface area contributed by atoms with Crippen LogP contribution in [0, 0.1) is 5.82 Å². The summed E-state index contributed by atoms with van der Waals surface area (Å²) >= 11 is 0. The number of hydrogen-bond donors (Lipinski definition) is 2. The van der Waals surface area contributed by atoms with E-state index in [-0.39, 0.29) is 36.2 Å². The number of anilines is 1. The summed E-state index contributed by atoms with van der Waals surface area (Å²) in [6.45, 7) is 2.59. The topological polar surface area (TPSA) is 44.4 Å². The fourth-order valence-corrected chi connectivity index (χ4v) is 3.21. The van der Waals surface area contributed by atoms with E-state index in [1.54, 1.807) is 12.1 Å². The third kappa shape index (κ3) is 4.11. The molecule has 1 aromatic rings. The first-order valence-corrected chi connectivity index (χ1v) is 7.76. The summed E-state index contributed by atoms with van der Waals surface area (Å²) in [5, 5.41) is 6.36. The lowest BCUT2D eigenvalue weighted by molar-refractivity contribution is -0.123. The smallest absolute Gasteiger partial charge is 0.237 e. The summed E-state index contributed by atoms with van der Waals surface area (Å²) in [5.74, 6) is -0.104. The van der Waals surface area contributed by atoms with Crippen molar-refractivity contribution in [3.8, 4) is 0 Å². The van der Waals surface area contributed by atoms with Crippen molar-refractivity contribution < 1.29 is 9.18 Å². The van der Waals surface area contributed by atoms with Crippen LogP contribution < -0.4 is 15.5 Å². The molecule has 1 aromatic carbocycles. The van der Waals surface area contributed by atoms with Crippen molar-refractivity contribution in [1.29, 1.82) is 0 Å². The highest BCUT2D eigenvalue weighted by Gasteiger charge is 2.26. The molecule has 2 N–H and O–H groups in total. The molecule has 2 unspecified atom stereocenters. The number of nitrogens with one attached hydrogen (secondary N) is 2. The lowest BCUT2D eigenvalue weighted by atomic mass is 10.0. The highest BCUT2D eigenvalue weighted by molar-refractivity contribution is 5.85. The van der Waals surface area contributed by atoms with E-state index in [1.807, 2.05) is 6.07 Å². The Bertz CT molecular complexity index is 508. The van der Waals surface area contributed by atoms with E-state index in [2.05, 4.69) is 15.5 Å². The molecule has 2 aliphatic rings. The highest BCUT2D eigenvalue weighted by atomic mass is 35.5. The van der Waals surface area contributed by atoms with Crippen LogP contribution in [0.15, 0.2) is 24.3 Å². The van der Waals surface area contributed by atoms with Gasteiger partial charge in [0, 0.05) is 24.8 Å². The molecule has 1 amide bonds. The molecule has 4 nitrogen and oxygen atoms in total. The third-order valence-corrected chi connectivity index (χ3v) is 4.32. The Morgan fingerprint density at radius 1 is 1.32 bits per heavy atom. The minimum absolute atomic E-state index is 0. The second-order valence-electron chi connectivity index (χ2n) is 5.92. The Hall–Kier alpha value is -1.33. The van der Waals surface area contributed by atoms with Crippen molar-refractivity contribution in [3.05, 3.63) is 30.1 Å². The number of rotatable bonds is 3. The van der Waals surface area contributed by atoms with Crippen molar-refractivity contribution in [2.75, 3.05) is 24.5 Å². The first-order valence-electron chi connectivity index (χ1n) is 7.76. The van der Waals surface area contributed by atoms with Crippen LogP contribution in [0.1, 0.15) is 25.7 Å². The van der Waals surface area contributed by atoms with Gasteiger partial charge in [0.1, 0.15) is 5.82 Å². The van der Waals surface area contributed by atoms with Gasteiger partial charge in [-0.05, 0) is 50.4 Å². The molecule has 0 radical (unpaired) electrons. The molecule has 0 spiro atoms. The van der Waals surface area contributed by atoms with Crippen LogP contribution in [-0.4, -0.2) is 37.6 Å². The van der Waals surface area contributed by atoms with E-state index >= 15 is 0 Å². The molecular formula is C16H23ClFN3O. The Morgan fingerprint density at radius 2 is 2.18 bits per heavy atom. The van der Waals surface area contributed by atoms with Crippen LogP contribution in [0.5, 0.6) is 0 Å². The number of piperidine rings is 1. The summed E-state index contributed by atoms with van der Waals surface area (Å²) in [5.41, 5.74) is 0.896. The van der Waals surface area contributed by atoms with Gasteiger partial charge in [0.15, 0.2) is 0 Å². The number of hydrogen-bond acceptors (Lipinski definition) is 3. The molecule has 0 aromatic heterocycles. The molecule has 0 bridgehead atoms. The molecule has 2 atom stereocenters. The maximum atomic E-state index is 13.3. The molecule has 0 saturated carbocycles. The molecular weight excluding hydrogens is 305 g/mol. The van der Waals surface area contributed by atoms with Crippen molar-refractivity contribution in [1.82, 2.24) is 10.6 Å². The van der Waals surface area contributed by atoms with E-state index < -0.39 is 0 Å². The van der Waals surface area contributed by atoms with Gasteiger partial charge in [-0.15, -0.1) is 12.4 Å². The summed E-state index contributed by atoms with van der Waals surface area (Å²) in [6.07, 6.45) is 3.99. The normalized spacial score (nSPS) is 24.7. The summed E-state index contributed by atoms with van der Waals surface area (Å²) in [7, 11) is 0. The molecule has 22 heavy (non-hydrogen) atoms. The zero-order valence-electron chi connectivity index (χ0n) is 12.6. The SMILES string of the molecule is Cl.O=C(NC1CCCN(c2cccc(F)c2)C1)C1CCCN1. The fourth-order valence-electron chi connectivity index (χ4n) is 3.21. The van der Waals surface area contributed by atoms with Crippen molar-refractivity contribution in [2.24, 2.45) is 0 Å². The van der Waals surface area contributed by atoms with Crippen LogP contribution in [0.4, 0.5) is 10.1 Å². The average molecular weight is 328 g/mol. The average Bonchev–Trinajstić information content (AvgIpc) is 3.02. The number of nitrogens with zero attached hydrogens (tertiary/aromatic N) is 1. The van der Waals surface area contributed by atoms with Crippen molar-refractivity contribution in [2.45, 2.75) is 37.8 Å². The van der Waals surface area contributed by atoms with E-state index in [9.17, 15) is 9.18 Å². The quantitative estimate of drug-likeness (QED) is 0.893. The van der Waals surface area contributed by atoms with Gasteiger partial charge < -0.3 is 15.5 Å². The van der Waals surface area contributed by atoms with E-state index in [0.717, 1.165) is 51.0 Å². The zero-order valence-corrected chi connectivity index (χ0v) is 13.4. The lowest BCUT2D eigenvalue weighted by Gasteiger charge is -2.35. The lowest BCUT2D eigenvalue weighted by Crippen LogP contribution is -2.51. The number of carbonyl (C=O) groups excluding carboxylic acids is 1. The summed E-state index contributed by atoms with van der Waals surface area (Å²) in [6, 6.07) is 6.79. The van der Waals surface area contributed by atoms with Crippen LogP contribution in [0.2, 0.25) is 0 Å². The Morgan fingerprint density at radius 3 is 2.91 bits per heavy atom. The van der Waals surface area contributed by atoms with Crippen LogP contribution in [-0.2, 0) is 4.79 Å². The number of benzene rings is 1. The Kier molecular flexibility index (Phi) is 6.03. The number of carbonyl (C=O) groups is 1. The van der Waals surface area contributed by atoms with Crippen LogP contribution >= 0.6 is 12.4 Å². The van der Waals surface area contributed by atoms with E-state index in [4.69, 9.17) is 0 Å². The van der Waals surface area contributed by atoms with Crippen molar-refractivity contribution >= 4 is 24.0 Å². The fraction of sp³-hybridized carbons (Fsp3) is 0.562. The van der Waals surface area contributed by atoms with Gasteiger partial charge in [-0.25, -0.2) is 4.39 Å². The van der Waals surface area contributed by atoms with Gasteiger partial charge in [0.05, 0.1) is 6.04 Å². The zero-order chi connectivity index (χ0) is 14.7. The molecule has 0 aliphatic carbocycles.